The molecule has 0 aromatic heterocycles. The van der Waals surface area contributed by atoms with E-state index in [1.54, 1.807) is 77.7 Å². The second-order valence-electron chi connectivity index (χ2n) is 12.6. The van der Waals surface area contributed by atoms with Gasteiger partial charge in [-0.2, -0.15) is 0 Å². The molecule has 10 nitrogen and oxygen atoms in total. The maximum absolute atomic E-state index is 15.0. The van der Waals surface area contributed by atoms with Gasteiger partial charge in [-0.3, -0.25) is 19.2 Å². The van der Waals surface area contributed by atoms with Crippen LogP contribution in [0.4, 0.5) is 5.69 Å². The average molecular weight is 682 g/mol. The fourth-order valence-corrected chi connectivity index (χ4v) is 7.69. The van der Waals surface area contributed by atoms with Crippen molar-refractivity contribution in [2.45, 2.75) is 42.7 Å². The Morgan fingerprint density at radius 1 is 0.918 bits per heavy atom. The summed E-state index contributed by atoms with van der Waals surface area (Å²) in [7, 11) is 0. The number of aliphatic hydroxyl groups is 1. The Bertz CT molecular complexity index is 1780. The molecular weight excluding hydrogens is 646 g/mol. The van der Waals surface area contributed by atoms with Gasteiger partial charge in [0.15, 0.2) is 0 Å². The highest BCUT2D eigenvalue weighted by Crippen LogP contribution is 2.55. The van der Waals surface area contributed by atoms with E-state index in [1.807, 2.05) is 36.4 Å². The molecule has 4 aliphatic rings. The number of hydrogen-bond acceptors (Lipinski definition) is 7. The third kappa shape index (κ3) is 5.94. The van der Waals surface area contributed by atoms with Crippen LogP contribution in [0.2, 0.25) is 5.02 Å². The van der Waals surface area contributed by atoms with Crippen molar-refractivity contribution in [1.82, 2.24) is 10.2 Å². The molecule has 0 radical (unpaired) electrons. The largest absolute Gasteiger partial charge is 0.455 e. The van der Waals surface area contributed by atoms with E-state index < -0.39 is 66.1 Å². The molecule has 0 unspecified atom stereocenters. The first-order valence-corrected chi connectivity index (χ1v) is 16.8. The molecular formula is C38H36ClN3O7. The number of anilines is 1. The average Bonchev–Trinajstić information content (AvgIpc) is 3.50. The van der Waals surface area contributed by atoms with E-state index in [2.05, 4.69) is 5.32 Å². The van der Waals surface area contributed by atoms with E-state index in [0.717, 1.165) is 0 Å². The third-order valence-electron chi connectivity index (χ3n) is 9.81. The van der Waals surface area contributed by atoms with E-state index >= 15 is 0 Å². The molecule has 252 valence electrons. The zero-order chi connectivity index (χ0) is 34.1. The lowest BCUT2D eigenvalue weighted by Crippen LogP contribution is -2.56. The molecule has 49 heavy (non-hydrogen) atoms. The SMILES string of the molecule is O=C1CC/C=C\[C@@H]2O[C@@]34C=CCN(c5ccc(Cl)cc5)C(=O)[C@@H]3N([C@H](CO)c3ccccc3)C(=O)[C@H]4[C@@H]2C(=O)O[C@@H](c2ccccc2)CN1. The molecule has 7 atom stereocenters. The molecule has 3 aromatic rings. The fraction of sp³-hybridized carbons (Fsp3) is 0.316. The van der Waals surface area contributed by atoms with Crippen LogP contribution in [-0.2, 0) is 28.7 Å². The summed E-state index contributed by atoms with van der Waals surface area (Å²) in [5.41, 5.74) is 0.301. The van der Waals surface area contributed by atoms with Crippen LogP contribution in [0.3, 0.4) is 0 Å². The van der Waals surface area contributed by atoms with Gasteiger partial charge in [0.1, 0.15) is 23.7 Å². The summed E-state index contributed by atoms with van der Waals surface area (Å²) in [6.07, 6.45) is 5.79. The van der Waals surface area contributed by atoms with E-state index in [4.69, 9.17) is 21.1 Å². The van der Waals surface area contributed by atoms with Crippen LogP contribution in [0.15, 0.2) is 109 Å². The minimum absolute atomic E-state index is 0.0457. The van der Waals surface area contributed by atoms with Crippen molar-refractivity contribution >= 4 is 41.0 Å². The van der Waals surface area contributed by atoms with Crippen LogP contribution in [0.25, 0.3) is 0 Å². The molecule has 4 aliphatic heterocycles. The number of fused-ring (bicyclic) bond motifs is 2. The van der Waals surface area contributed by atoms with Gasteiger partial charge in [-0.25, -0.2) is 0 Å². The first-order chi connectivity index (χ1) is 23.8. The quantitative estimate of drug-likeness (QED) is 0.304. The van der Waals surface area contributed by atoms with E-state index in [0.29, 0.717) is 28.3 Å². The summed E-state index contributed by atoms with van der Waals surface area (Å²) in [5.74, 6) is -4.09. The van der Waals surface area contributed by atoms with Crippen molar-refractivity contribution in [3.8, 4) is 0 Å². The van der Waals surface area contributed by atoms with Crippen molar-refractivity contribution in [2.75, 3.05) is 24.6 Å². The predicted octanol–water partition coefficient (Wildman–Crippen LogP) is 4.31. The highest BCUT2D eigenvalue weighted by molar-refractivity contribution is 6.30. The summed E-state index contributed by atoms with van der Waals surface area (Å²) >= 11 is 6.17. The van der Waals surface area contributed by atoms with Crippen molar-refractivity contribution in [1.29, 1.82) is 0 Å². The molecule has 3 amide bonds. The van der Waals surface area contributed by atoms with Crippen LogP contribution < -0.4 is 10.2 Å². The molecule has 0 aliphatic carbocycles. The van der Waals surface area contributed by atoms with Crippen molar-refractivity contribution in [3.63, 3.8) is 0 Å². The number of amides is 3. The number of carbonyl (C=O) groups excluding carboxylic acids is 4. The van der Waals surface area contributed by atoms with Gasteiger partial charge in [0.25, 0.3) is 5.91 Å². The molecule has 0 bridgehead atoms. The zero-order valence-corrected chi connectivity index (χ0v) is 27.3. The minimum atomic E-state index is -1.58. The number of nitrogens with zero attached hydrogens (tertiary/aromatic N) is 2. The summed E-state index contributed by atoms with van der Waals surface area (Å²) in [6, 6.07) is 22.8. The van der Waals surface area contributed by atoms with Crippen LogP contribution in [0.1, 0.15) is 36.1 Å². The van der Waals surface area contributed by atoms with Crippen LogP contribution in [0, 0.1) is 11.8 Å². The maximum atomic E-state index is 15.0. The van der Waals surface area contributed by atoms with Gasteiger partial charge in [0.05, 0.1) is 31.2 Å². The Labute approximate surface area is 288 Å². The fourth-order valence-electron chi connectivity index (χ4n) is 7.56. The second kappa shape index (κ2) is 13.6. The summed E-state index contributed by atoms with van der Waals surface area (Å²) < 4.78 is 13.0. The highest BCUT2D eigenvalue weighted by atomic mass is 35.5. The smallest absolute Gasteiger partial charge is 0.313 e. The number of cyclic esters (lactones) is 1. The lowest BCUT2D eigenvalue weighted by molar-refractivity contribution is -0.160. The molecule has 2 N–H and O–H groups in total. The molecule has 2 saturated heterocycles. The first kappa shape index (κ1) is 32.8. The van der Waals surface area contributed by atoms with Crippen molar-refractivity contribution in [2.24, 2.45) is 11.8 Å². The number of aliphatic hydroxyl groups excluding tert-OH is 1. The minimum Gasteiger partial charge on any atom is -0.455 e. The van der Waals surface area contributed by atoms with Gasteiger partial charge in [-0.1, -0.05) is 96.6 Å². The number of nitrogens with one attached hydrogen (secondary N) is 1. The predicted molar refractivity (Wildman–Crippen MR) is 181 cm³/mol. The van der Waals surface area contributed by atoms with Gasteiger partial charge in [0, 0.05) is 23.7 Å². The third-order valence-corrected chi connectivity index (χ3v) is 10.1. The van der Waals surface area contributed by atoms with Gasteiger partial charge in [-0.05, 0) is 41.8 Å². The Morgan fingerprint density at radius 3 is 2.35 bits per heavy atom. The Hall–Kier alpha value is -4.77. The van der Waals surface area contributed by atoms with Crippen LogP contribution >= 0.6 is 11.6 Å². The number of hydrogen-bond donors (Lipinski definition) is 2. The summed E-state index contributed by atoms with van der Waals surface area (Å²) in [5, 5.41) is 14.2. The van der Waals surface area contributed by atoms with Gasteiger partial charge < -0.3 is 29.7 Å². The topological polar surface area (TPSA) is 125 Å². The second-order valence-corrected chi connectivity index (χ2v) is 13.1. The Kier molecular flexibility index (Phi) is 9.11. The van der Waals surface area contributed by atoms with Crippen LogP contribution in [0.5, 0.6) is 0 Å². The summed E-state index contributed by atoms with van der Waals surface area (Å²) in [6.45, 7) is -0.253. The Morgan fingerprint density at radius 2 is 1.63 bits per heavy atom. The van der Waals surface area contributed by atoms with Gasteiger partial charge >= 0.3 is 5.97 Å². The lowest BCUT2D eigenvalue weighted by atomic mass is 9.77. The summed E-state index contributed by atoms with van der Waals surface area (Å²) in [4.78, 5) is 59.8. The van der Waals surface area contributed by atoms with Gasteiger partial charge in [-0.15, -0.1) is 0 Å². The number of carbonyl (C=O) groups is 4. The number of halogens is 1. The van der Waals surface area contributed by atoms with Crippen molar-refractivity contribution < 1.29 is 33.8 Å². The molecule has 11 heteroatoms. The normalized spacial score (nSPS) is 29.8. The standard InChI is InChI=1S/C38H36ClN3O7/c39-26-16-18-27(19-17-26)41-21-9-20-38-33(35(45)42(34(38)36(41)46)28(23-43)24-10-3-1-4-11-24)32-29(49-38)14-7-8-15-31(44)40-22-30(48-37(32)47)25-12-5-2-6-13-25/h1-7,9-14,16-20,28-30,32-34,43H,8,15,21-23H2,(H,40,44)/b14-7-/t28-,29+,30-,32-,33-,34+,38-/m1/s1. The van der Waals surface area contributed by atoms with E-state index in [-0.39, 0.29) is 25.4 Å². The molecule has 4 heterocycles. The number of rotatable bonds is 5. The number of ether oxygens (including phenoxy) is 2. The number of allylic oxidation sites excluding steroid dienone is 1. The molecule has 7 rings (SSSR count). The zero-order valence-electron chi connectivity index (χ0n) is 26.6. The molecule has 3 aromatic carbocycles. The Balaban J connectivity index is 1.35. The lowest BCUT2D eigenvalue weighted by Gasteiger charge is -2.38. The number of esters is 1. The first-order valence-electron chi connectivity index (χ1n) is 16.4. The monoisotopic (exact) mass is 681 g/mol. The number of benzene rings is 3. The van der Waals surface area contributed by atoms with Gasteiger partial charge in [0.2, 0.25) is 11.8 Å². The van der Waals surface area contributed by atoms with Crippen molar-refractivity contribution in [3.05, 3.63) is 125 Å². The maximum Gasteiger partial charge on any atom is 0.313 e. The van der Waals surface area contributed by atoms with Crippen LogP contribution in [-0.4, -0.2) is 71.1 Å². The molecule has 1 spiro atoms. The highest BCUT2D eigenvalue weighted by Gasteiger charge is 2.72. The molecule has 2 fully saturated rings. The van der Waals surface area contributed by atoms with E-state index in [1.165, 1.54) is 4.90 Å². The number of likely N-dealkylation sites (tertiary alicyclic amines) is 1. The van der Waals surface area contributed by atoms with E-state index in [9.17, 15) is 24.3 Å². The molecule has 0 saturated carbocycles.